The number of nitrogens with zero attached hydrogens (tertiary/aromatic N) is 2. The fraction of sp³-hybridized carbons (Fsp3) is 0.250. The molecule has 3 rings (SSSR count). The molecule has 0 fully saturated rings. The number of aryl methyl sites for hydroxylation is 2. The van der Waals surface area contributed by atoms with Gasteiger partial charge in [-0.25, -0.2) is 4.98 Å². The Hall–Kier alpha value is -2.95. The van der Waals surface area contributed by atoms with E-state index in [-0.39, 0.29) is 11.7 Å². The molecule has 0 radical (unpaired) electrons. The van der Waals surface area contributed by atoms with Crippen molar-refractivity contribution in [2.75, 3.05) is 5.32 Å². The summed E-state index contributed by atoms with van der Waals surface area (Å²) >= 11 is 0. The Morgan fingerprint density at radius 2 is 2.00 bits per heavy atom. The molecule has 1 aromatic carbocycles. The van der Waals surface area contributed by atoms with E-state index in [1.54, 1.807) is 24.3 Å². The lowest BCUT2D eigenvalue weighted by atomic mass is 10.1. The second-order valence-electron chi connectivity index (χ2n) is 6.13. The average molecular weight is 335 g/mol. The average Bonchev–Trinajstić information content (AvgIpc) is 2.95. The van der Waals surface area contributed by atoms with Crippen molar-refractivity contribution in [3.63, 3.8) is 0 Å². The van der Waals surface area contributed by atoms with Crippen molar-refractivity contribution in [3.8, 4) is 0 Å². The van der Waals surface area contributed by atoms with Gasteiger partial charge in [-0.05, 0) is 44.0 Å². The van der Waals surface area contributed by atoms with Crippen LogP contribution in [0.15, 0.2) is 42.6 Å². The molecule has 1 amide bonds. The molecule has 128 valence electrons. The summed E-state index contributed by atoms with van der Waals surface area (Å²) in [5.41, 5.74) is 4.33. The van der Waals surface area contributed by atoms with Crippen LogP contribution in [0.4, 0.5) is 5.69 Å². The van der Waals surface area contributed by atoms with Gasteiger partial charge in [0.1, 0.15) is 11.3 Å². The monoisotopic (exact) mass is 335 g/mol. The van der Waals surface area contributed by atoms with Crippen LogP contribution in [0.5, 0.6) is 0 Å². The van der Waals surface area contributed by atoms with Crippen molar-refractivity contribution in [1.82, 2.24) is 9.38 Å². The first-order valence-electron chi connectivity index (χ1n) is 8.40. The highest BCUT2D eigenvalue weighted by Gasteiger charge is 2.19. The summed E-state index contributed by atoms with van der Waals surface area (Å²) in [6.07, 6.45) is 3.50. The van der Waals surface area contributed by atoms with Crippen molar-refractivity contribution < 1.29 is 9.59 Å². The highest BCUT2D eigenvalue weighted by atomic mass is 16.2. The highest BCUT2D eigenvalue weighted by molar-refractivity contribution is 6.05. The number of carbonyl (C=O) groups is 2. The minimum atomic E-state index is -0.220. The Balaban J connectivity index is 2.02. The van der Waals surface area contributed by atoms with Gasteiger partial charge in [0.25, 0.3) is 5.91 Å². The van der Waals surface area contributed by atoms with Crippen molar-refractivity contribution in [1.29, 1.82) is 0 Å². The zero-order chi connectivity index (χ0) is 18.0. The summed E-state index contributed by atoms with van der Waals surface area (Å²) < 4.78 is 1.84. The topological polar surface area (TPSA) is 63.5 Å². The standard InChI is InChI=1S/C20H21N3O2/c1-4-7-17-18(23-11-6-8-13(2)19(23)22-17)20(25)21-16-10-5-9-15(12-16)14(3)24/h5-6,8-12H,4,7H2,1-3H3,(H,21,25). The number of imidazole rings is 1. The third-order valence-electron chi connectivity index (χ3n) is 4.15. The van der Waals surface area contributed by atoms with Crippen LogP contribution in [0.3, 0.4) is 0 Å². The number of fused-ring (bicyclic) bond motifs is 1. The molecule has 2 heterocycles. The van der Waals surface area contributed by atoms with E-state index in [9.17, 15) is 9.59 Å². The molecule has 0 aliphatic carbocycles. The van der Waals surface area contributed by atoms with E-state index in [1.165, 1.54) is 6.92 Å². The lowest BCUT2D eigenvalue weighted by Crippen LogP contribution is -2.16. The molecule has 0 aliphatic rings. The predicted octanol–water partition coefficient (Wildman–Crippen LogP) is 4.05. The van der Waals surface area contributed by atoms with Gasteiger partial charge in [-0.3, -0.25) is 14.0 Å². The molecule has 5 nitrogen and oxygen atoms in total. The fourth-order valence-electron chi connectivity index (χ4n) is 2.91. The van der Waals surface area contributed by atoms with Crippen molar-refractivity contribution in [3.05, 3.63) is 65.1 Å². The number of rotatable bonds is 5. The summed E-state index contributed by atoms with van der Waals surface area (Å²) in [7, 11) is 0. The highest BCUT2D eigenvalue weighted by Crippen LogP contribution is 2.19. The summed E-state index contributed by atoms with van der Waals surface area (Å²) in [4.78, 5) is 29.1. The van der Waals surface area contributed by atoms with Crippen LogP contribution in [0.25, 0.3) is 5.65 Å². The minimum absolute atomic E-state index is 0.0341. The van der Waals surface area contributed by atoms with Gasteiger partial charge in [-0.15, -0.1) is 0 Å². The Bertz CT molecular complexity index is 957. The number of nitrogens with one attached hydrogen (secondary N) is 1. The predicted molar refractivity (Wildman–Crippen MR) is 98.3 cm³/mol. The normalized spacial score (nSPS) is 10.8. The molecule has 3 aromatic rings. The van der Waals surface area contributed by atoms with Gasteiger partial charge in [-0.2, -0.15) is 0 Å². The van der Waals surface area contributed by atoms with Crippen LogP contribution in [0, 0.1) is 6.92 Å². The number of carbonyl (C=O) groups excluding carboxylic acids is 2. The lowest BCUT2D eigenvalue weighted by Gasteiger charge is -2.08. The van der Waals surface area contributed by atoms with E-state index in [0.717, 1.165) is 29.7 Å². The van der Waals surface area contributed by atoms with Crippen LogP contribution in [-0.4, -0.2) is 21.1 Å². The molecule has 0 bridgehead atoms. The molecular formula is C20H21N3O2. The molecule has 5 heteroatoms. The number of hydrogen-bond donors (Lipinski definition) is 1. The van der Waals surface area contributed by atoms with Crippen molar-refractivity contribution in [2.45, 2.75) is 33.6 Å². The fourth-order valence-corrected chi connectivity index (χ4v) is 2.91. The molecule has 0 saturated carbocycles. The van der Waals surface area contributed by atoms with E-state index < -0.39 is 0 Å². The largest absolute Gasteiger partial charge is 0.321 e. The van der Waals surface area contributed by atoms with Crippen LogP contribution < -0.4 is 5.32 Å². The number of ketones is 1. The molecular weight excluding hydrogens is 314 g/mol. The van der Waals surface area contributed by atoms with Crippen molar-refractivity contribution >= 4 is 23.0 Å². The third-order valence-corrected chi connectivity index (χ3v) is 4.15. The molecule has 0 aliphatic heterocycles. The van der Waals surface area contributed by atoms with Crippen LogP contribution >= 0.6 is 0 Å². The summed E-state index contributed by atoms with van der Waals surface area (Å²) in [5.74, 6) is -0.254. The number of anilines is 1. The van der Waals surface area contributed by atoms with Crippen LogP contribution in [0.1, 0.15) is 52.4 Å². The van der Waals surface area contributed by atoms with Gasteiger partial charge >= 0.3 is 0 Å². The summed E-state index contributed by atoms with van der Waals surface area (Å²) in [6.45, 7) is 5.55. The third kappa shape index (κ3) is 3.31. The van der Waals surface area contributed by atoms with Gasteiger partial charge in [0.2, 0.25) is 0 Å². The first-order valence-corrected chi connectivity index (χ1v) is 8.40. The van der Waals surface area contributed by atoms with Gasteiger partial charge in [0.05, 0.1) is 5.69 Å². The van der Waals surface area contributed by atoms with Gasteiger partial charge in [0, 0.05) is 17.4 Å². The summed E-state index contributed by atoms with van der Waals surface area (Å²) in [5, 5.41) is 2.90. The van der Waals surface area contributed by atoms with E-state index in [4.69, 9.17) is 0 Å². The molecule has 2 aromatic heterocycles. The smallest absolute Gasteiger partial charge is 0.274 e. The lowest BCUT2D eigenvalue weighted by molar-refractivity contribution is 0.100. The van der Waals surface area contributed by atoms with Gasteiger partial charge < -0.3 is 5.32 Å². The van der Waals surface area contributed by atoms with E-state index >= 15 is 0 Å². The zero-order valence-corrected chi connectivity index (χ0v) is 14.7. The second-order valence-corrected chi connectivity index (χ2v) is 6.13. The SMILES string of the molecule is CCCc1nc2c(C)cccn2c1C(=O)Nc1cccc(C(C)=O)c1. The summed E-state index contributed by atoms with van der Waals surface area (Å²) in [6, 6.07) is 10.9. The van der Waals surface area contributed by atoms with Crippen LogP contribution in [-0.2, 0) is 6.42 Å². The van der Waals surface area contributed by atoms with Crippen LogP contribution in [0.2, 0.25) is 0 Å². The van der Waals surface area contributed by atoms with E-state index in [1.807, 2.05) is 29.7 Å². The quantitative estimate of drug-likeness (QED) is 0.715. The number of amides is 1. The number of Topliss-reactive ketones (excluding diaryl/α,β-unsaturated/α-hetero) is 1. The Labute approximate surface area is 146 Å². The maximum atomic E-state index is 12.9. The molecule has 0 unspecified atom stereocenters. The van der Waals surface area contributed by atoms with Gasteiger partial charge in [0.15, 0.2) is 5.78 Å². The molecule has 0 atom stereocenters. The number of pyridine rings is 1. The van der Waals surface area contributed by atoms with E-state index in [0.29, 0.717) is 16.9 Å². The molecule has 1 N–H and O–H groups in total. The zero-order valence-electron chi connectivity index (χ0n) is 14.7. The Kier molecular flexibility index (Phi) is 4.65. The first kappa shape index (κ1) is 16.9. The molecule has 0 spiro atoms. The molecule has 25 heavy (non-hydrogen) atoms. The maximum absolute atomic E-state index is 12.9. The number of benzene rings is 1. The van der Waals surface area contributed by atoms with Crippen molar-refractivity contribution in [2.24, 2.45) is 0 Å². The first-order chi connectivity index (χ1) is 12.0. The second kappa shape index (κ2) is 6.89. The van der Waals surface area contributed by atoms with Gasteiger partial charge in [-0.1, -0.05) is 31.5 Å². The molecule has 0 saturated heterocycles. The Morgan fingerprint density at radius 1 is 1.20 bits per heavy atom. The Morgan fingerprint density at radius 3 is 2.72 bits per heavy atom. The minimum Gasteiger partial charge on any atom is -0.321 e. The number of hydrogen-bond acceptors (Lipinski definition) is 3. The maximum Gasteiger partial charge on any atom is 0.274 e. The number of aromatic nitrogens is 2. The van der Waals surface area contributed by atoms with E-state index in [2.05, 4.69) is 17.2 Å².